The SMILES string of the molecule is CCn1c(-c2cccnc2[C@H](C)OC)c(CC(C)(C)CO)c2cc(-c3cc(CF)cc(C[C@H](NC(=O)OC(C)(C)C)C(=O)OC(=O)C4CCCNN4)c3)ccc21. The van der Waals surface area contributed by atoms with Crippen molar-refractivity contribution in [2.75, 3.05) is 20.3 Å². The maximum Gasteiger partial charge on any atom is 0.408 e. The number of alkyl halides is 1. The lowest BCUT2D eigenvalue weighted by Gasteiger charge is -2.25. The second kappa shape index (κ2) is 18.1. The fourth-order valence-corrected chi connectivity index (χ4v) is 7.09. The number of hydrogen-bond donors (Lipinski definition) is 4. The van der Waals surface area contributed by atoms with Gasteiger partial charge >= 0.3 is 18.0 Å². The Morgan fingerprint density at radius 1 is 1.07 bits per heavy atom. The van der Waals surface area contributed by atoms with Crippen molar-refractivity contribution in [3.05, 3.63) is 77.1 Å². The van der Waals surface area contributed by atoms with E-state index in [2.05, 4.69) is 45.9 Å². The molecule has 1 aliphatic rings. The van der Waals surface area contributed by atoms with Crippen LogP contribution in [0, 0.1) is 5.41 Å². The summed E-state index contributed by atoms with van der Waals surface area (Å²) in [4.78, 5) is 44.1. The van der Waals surface area contributed by atoms with Gasteiger partial charge in [-0.25, -0.2) is 24.2 Å². The van der Waals surface area contributed by atoms with Crippen molar-refractivity contribution in [3.8, 4) is 22.4 Å². The average Bonchev–Trinajstić information content (AvgIpc) is 3.48. The van der Waals surface area contributed by atoms with Crippen LogP contribution in [0.1, 0.15) is 89.8 Å². The summed E-state index contributed by atoms with van der Waals surface area (Å²) in [5.41, 5.74) is 11.6. The molecule has 4 aromatic rings. The van der Waals surface area contributed by atoms with Crippen LogP contribution in [-0.4, -0.2) is 70.6 Å². The number of aliphatic hydroxyl groups excluding tert-OH is 1. The molecular weight excluding hydrogens is 717 g/mol. The molecule has 1 amide bonds. The molecule has 1 unspecified atom stereocenters. The molecule has 2 aromatic heterocycles. The van der Waals surface area contributed by atoms with Gasteiger partial charge in [-0.2, -0.15) is 0 Å². The van der Waals surface area contributed by atoms with Crippen LogP contribution in [0.25, 0.3) is 33.3 Å². The number of rotatable bonds is 14. The quantitative estimate of drug-likeness (QED) is 0.0788. The predicted molar refractivity (Wildman–Crippen MR) is 213 cm³/mol. The third-order valence-corrected chi connectivity index (χ3v) is 9.91. The number of carbonyl (C=O) groups excluding carboxylic acids is 3. The van der Waals surface area contributed by atoms with Crippen LogP contribution in [-0.2, 0) is 49.9 Å². The zero-order chi connectivity index (χ0) is 40.8. The number of aromatic nitrogens is 2. The van der Waals surface area contributed by atoms with E-state index in [1.54, 1.807) is 46.2 Å². The van der Waals surface area contributed by atoms with Crippen molar-refractivity contribution in [3.63, 3.8) is 0 Å². The van der Waals surface area contributed by atoms with Gasteiger partial charge in [0.2, 0.25) is 0 Å². The van der Waals surface area contributed by atoms with Crippen molar-refractivity contribution >= 4 is 28.9 Å². The standard InChI is InChI=1S/C43H56FN5O7/c1-9-49-36-15-14-29(22-32(36)33(23-43(6,7)25-50)38(49)31-12-10-16-45-37(31)26(2)54-8)30-19-27(18-28(20-30)24-44)21-35(47-41(53)56-42(3,4)5)40(52)55-39(51)34-13-11-17-46-48-34/h10,12,14-16,18-20,22,26,34-35,46,48,50H,9,11,13,17,21,23-25H2,1-8H3,(H,47,53)/t26-,34?,35-/m0/s1. The molecule has 0 bridgehead atoms. The Hall–Kier alpha value is -4.69. The van der Waals surface area contributed by atoms with Gasteiger partial charge in [-0.3, -0.25) is 10.4 Å². The predicted octanol–water partition coefficient (Wildman–Crippen LogP) is 6.89. The number of alkyl carbamates (subject to hydrolysis) is 1. The number of nitrogens with zero attached hydrogens (tertiary/aromatic N) is 2. The molecule has 56 heavy (non-hydrogen) atoms. The van der Waals surface area contributed by atoms with Gasteiger partial charge in [0, 0.05) is 55.9 Å². The van der Waals surface area contributed by atoms with Gasteiger partial charge < -0.3 is 29.2 Å². The fraction of sp³-hybridized carbons (Fsp3) is 0.488. The van der Waals surface area contributed by atoms with Crippen molar-refractivity contribution < 1.29 is 38.1 Å². The van der Waals surface area contributed by atoms with E-state index in [1.165, 1.54) is 0 Å². The summed E-state index contributed by atoms with van der Waals surface area (Å²) in [6.07, 6.45) is 2.29. The molecule has 4 N–H and O–H groups in total. The average molecular weight is 774 g/mol. The van der Waals surface area contributed by atoms with Crippen molar-refractivity contribution in [1.82, 2.24) is 25.7 Å². The number of esters is 2. The molecule has 1 saturated heterocycles. The van der Waals surface area contributed by atoms with Crippen LogP contribution in [0.15, 0.2) is 54.7 Å². The molecule has 0 radical (unpaired) electrons. The minimum atomic E-state index is -1.31. The van der Waals surface area contributed by atoms with Gasteiger partial charge in [-0.05, 0) is 117 Å². The summed E-state index contributed by atoms with van der Waals surface area (Å²) in [5, 5.41) is 14.0. The highest BCUT2D eigenvalue weighted by molar-refractivity contribution is 5.96. The van der Waals surface area contributed by atoms with Crippen molar-refractivity contribution in [1.29, 1.82) is 0 Å². The number of carbonyl (C=O) groups is 3. The van der Waals surface area contributed by atoms with Gasteiger partial charge in [-0.15, -0.1) is 0 Å². The normalized spacial score (nSPS) is 16.0. The van der Waals surface area contributed by atoms with Crippen LogP contribution < -0.4 is 16.2 Å². The molecule has 302 valence electrons. The summed E-state index contributed by atoms with van der Waals surface area (Å²) in [6.45, 7) is 13.7. The monoisotopic (exact) mass is 773 g/mol. The third-order valence-electron chi connectivity index (χ3n) is 9.91. The zero-order valence-corrected chi connectivity index (χ0v) is 33.8. The smallest absolute Gasteiger partial charge is 0.408 e. The lowest BCUT2D eigenvalue weighted by atomic mass is 9.84. The molecule has 1 aliphatic heterocycles. The number of ether oxygens (including phenoxy) is 3. The van der Waals surface area contributed by atoms with E-state index in [9.17, 15) is 23.9 Å². The van der Waals surface area contributed by atoms with Gasteiger partial charge in [0.25, 0.3) is 0 Å². The number of hydrazine groups is 1. The molecule has 13 heteroatoms. The largest absolute Gasteiger partial charge is 0.444 e. The number of halogens is 1. The molecular formula is C43H56FN5O7. The molecule has 3 atom stereocenters. The van der Waals surface area contributed by atoms with Gasteiger partial charge in [0.1, 0.15) is 24.4 Å². The van der Waals surface area contributed by atoms with Crippen molar-refractivity contribution in [2.24, 2.45) is 5.41 Å². The minimum Gasteiger partial charge on any atom is -0.444 e. The topological polar surface area (TPSA) is 153 Å². The second-order valence-corrected chi connectivity index (χ2v) is 16.2. The van der Waals surface area contributed by atoms with E-state index < -0.39 is 47.8 Å². The number of nitrogens with one attached hydrogen (secondary N) is 3. The number of methoxy groups -OCH3 is 1. The number of fused-ring (bicyclic) bond motifs is 1. The van der Waals surface area contributed by atoms with Crippen LogP contribution >= 0.6 is 0 Å². The van der Waals surface area contributed by atoms with E-state index in [4.69, 9.17) is 19.2 Å². The Morgan fingerprint density at radius 2 is 1.82 bits per heavy atom. The molecule has 0 saturated carbocycles. The van der Waals surface area contributed by atoms with Crippen LogP contribution in [0.3, 0.4) is 0 Å². The Morgan fingerprint density at radius 3 is 2.46 bits per heavy atom. The molecule has 0 spiro atoms. The Balaban J connectivity index is 1.59. The highest BCUT2D eigenvalue weighted by Gasteiger charge is 2.32. The lowest BCUT2D eigenvalue weighted by Crippen LogP contribution is -2.52. The highest BCUT2D eigenvalue weighted by atomic mass is 19.1. The van der Waals surface area contributed by atoms with Gasteiger partial charge in [0.05, 0.1) is 17.5 Å². The van der Waals surface area contributed by atoms with Gasteiger partial charge in [-0.1, -0.05) is 32.0 Å². The summed E-state index contributed by atoms with van der Waals surface area (Å²) in [6, 6.07) is 13.3. The zero-order valence-electron chi connectivity index (χ0n) is 33.8. The van der Waals surface area contributed by atoms with Crippen LogP contribution in [0.5, 0.6) is 0 Å². The maximum atomic E-state index is 14.6. The summed E-state index contributed by atoms with van der Waals surface area (Å²) < 4.78 is 33.2. The number of benzene rings is 2. The maximum absolute atomic E-state index is 14.6. The number of pyridine rings is 1. The molecule has 1 fully saturated rings. The summed E-state index contributed by atoms with van der Waals surface area (Å²) in [5.74, 6) is -1.72. The first-order valence-electron chi connectivity index (χ1n) is 19.2. The third kappa shape index (κ3) is 10.2. The molecule has 12 nitrogen and oxygen atoms in total. The molecule has 5 rings (SSSR count). The van der Waals surface area contributed by atoms with E-state index in [1.807, 2.05) is 39.0 Å². The first-order chi connectivity index (χ1) is 26.6. The molecule has 0 aliphatic carbocycles. The number of aryl methyl sites for hydroxylation is 1. The molecule has 3 heterocycles. The number of aliphatic hydroxyl groups is 1. The Labute approximate surface area is 328 Å². The lowest BCUT2D eigenvalue weighted by molar-refractivity contribution is -0.163. The first kappa shape index (κ1) is 42.5. The van der Waals surface area contributed by atoms with Crippen LogP contribution in [0.2, 0.25) is 0 Å². The van der Waals surface area contributed by atoms with E-state index in [-0.39, 0.29) is 19.1 Å². The first-order valence-corrected chi connectivity index (χ1v) is 19.2. The van der Waals surface area contributed by atoms with E-state index >= 15 is 0 Å². The second-order valence-electron chi connectivity index (χ2n) is 16.2. The number of hydrogen-bond acceptors (Lipinski definition) is 10. The number of amides is 1. The Kier molecular flexibility index (Phi) is 13.7. The summed E-state index contributed by atoms with van der Waals surface area (Å²) in [7, 11) is 1.66. The van der Waals surface area contributed by atoms with Crippen molar-refractivity contribution in [2.45, 2.75) is 111 Å². The fourth-order valence-electron chi connectivity index (χ4n) is 7.09. The van der Waals surface area contributed by atoms with Crippen LogP contribution in [0.4, 0.5) is 9.18 Å². The highest BCUT2D eigenvalue weighted by Crippen LogP contribution is 2.41. The van der Waals surface area contributed by atoms with E-state index in [0.717, 1.165) is 39.0 Å². The van der Waals surface area contributed by atoms with Gasteiger partial charge in [0.15, 0.2) is 0 Å². The molecule has 2 aromatic carbocycles. The van der Waals surface area contributed by atoms with E-state index in [0.29, 0.717) is 49.0 Å². The summed E-state index contributed by atoms with van der Waals surface area (Å²) >= 11 is 0. The minimum absolute atomic E-state index is 0.0260. The Bertz CT molecular complexity index is 2030.